The van der Waals surface area contributed by atoms with Crippen molar-refractivity contribution < 1.29 is 24.0 Å². The van der Waals surface area contributed by atoms with Gasteiger partial charge in [-0.05, 0) is 30.7 Å². The fraction of sp³-hybridized carbons (Fsp3) is 0.150. The quantitative estimate of drug-likeness (QED) is 0.295. The molecule has 4 rings (SSSR count). The summed E-state index contributed by atoms with van der Waals surface area (Å²) in [5.74, 6) is -1.08. The number of carbonyl (C=O) groups excluding carboxylic acids is 1. The van der Waals surface area contributed by atoms with Gasteiger partial charge in [-0.25, -0.2) is 9.18 Å². The highest BCUT2D eigenvalue weighted by atomic mass is 19.1. The van der Waals surface area contributed by atoms with E-state index in [-0.39, 0.29) is 47.1 Å². The number of halogens is 1. The minimum Gasteiger partial charge on any atom is -0.465 e. The Bertz CT molecular complexity index is 1310. The molecule has 0 atom stereocenters. The lowest BCUT2D eigenvalue weighted by Crippen LogP contribution is -2.27. The number of amides is 1. The number of hydrogen-bond donors (Lipinski definition) is 2. The Morgan fingerprint density at radius 1 is 1.13 bits per heavy atom. The molecule has 10 heteroatoms. The number of non-ortho nitro benzene ring substituents is 1. The third kappa shape index (κ3) is 2.98. The van der Waals surface area contributed by atoms with Crippen molar-refractivity contribution in [2.75, 3.05) is 6.54 Å². The minimum absolute atomic E-state index is 0.00391. The minimum atomic E-state index is -1.21. The van der Waals surface area contributed by atoms with Crippen LogP contribution in [-0.4, -0.2) is 33.0 Å². The van der Waals surface area contributed by atoms with Crippen molar-refractivity contribution in [2.24, 2.45) is 0 Å². The molecule has 0 bridgehead atoms. The number of nitro groups is 1. The molecule has 0 radical (unpaired) electrons. The van der Waals surface area contributed by atoms with Gasteiger partial charge in [-0.3, -0.25) is 19.7 Å². The van der Waals surface area contributed by atoms with Crippen LogP contribution in [0.1, 0.15) is 22.3 Å². The predicted molar refractivity (Wildman–Crippen MR) is 104 cm³/mol. The van der Waals surface area contributed by atoms with Crippen molar-refractivity contribution >= 4 is 28.3 Å². The van der Waals surface area contributed by atoms with Crippen LogP contribution in [0, 0.1) is 15.9 Å². The van der Waals surface area contributed by atoms with Gasteiger partial charge in [0.05, 0.1) is 21.6 Å². The van der Waals surface area contributed by atoms with Crippen molar-refractivity contribution in [2.45, 2.75) is 13.0 Å². The number of hydrogen-bond acceptors (Lipinski definition) is 5. The van der Waals surface area contributed by atoms with E-state index in [1.165, 1.54) is 28.8 Å². The van der Waals surface area contributed by atoms with Gasteiger partial charge in [0.15, 0.2) is 5.78 Å². The molecule has 9 nitrogen and oxygen atoms in total. The second kappa shape index (κ2) is 7.07. The smallest absolute Gasteiger partial charge is 0.404 e. The first-order chi connectivity index (χ1) is 14.3. The van der Waals surface area contributed by atoms with Gasteiger partial charge in [0, 0.05) is 41.7 Å². The molecule has 0 spiro atoms. The lowest BCUT2D eigenvalue weighted by molar-refractivity contribution is -0.384. The average Bonchev–Trinajstić information content (AvgIpc) is 2.98. The summed E-state index contributed by atoms with van der Waals surface area (Å²) < 4.78 is 15.1. The number of nitrogens with one attached hydrogen (secondary N) is 1. The molecule has 1 aliphatic rings. The maximum absolute atomic E-state index is 13.8. The van der Waals surface area contributed by atoms with E-state index in [1.807, 2.05) is 0 Å². The molecule has 0 saturated heterocycles. The molecule has 1 aliphatic carbocycles. The Morgan fingerprint density at radius 3 is 2.60 bits per heavy atom. The highest BCUT2D eigenvalue weighted by Gasteiger charge is 2.33. The SMILES string of the molecule is O=C(O)NCCCn1c2c(c3ccc([N+](=O)[O-])cc3c1=O)C(=O)c1cc(F)ccc1-2. The average molecular weight is 411 g/mol. The molecule has 1 amide bonds. The Labute approximate surface area is 167 Å². The number of benzene rings is 2. The van der Waals surface area contributed by atoms with E-state index >= 15 is 0 Å². The molecule has 0 aliphatic heterocycles. The normalized spacial score (nSPS) is 12.0. The molecule has 3 aromatic rings. The summed E-state index contributed by atoms with van der Waals surface area (Å²) in [5, 5.41) is 22.3. The topological polar surface area (TPSA) is 132 Å². The van der Waals surface area contributed by atoms with Crippen LogP contribution in [-0.2, 0) is 6.54 Å². The monoisotopic (exact) mass is 411 g/mol. The Balaban J connectivity index is 1.97. The number of aromatic nitrogens is 1. The van der Waals surface area contributed by atoms with Crippen LogP contribution in [0.2, 0.25) is 0 Å². The van der Waals surface area contributed by atoms with Crippen molar-refractivity contribution in [3.63, 3.8) is 0 Å². The van der Waals surface area contributed by atoms with Crippen molar-refractivity contribution in [1.29, 1.82) is 0 Å². The Kier molecular flexibility index (Phi) is 4.53. The van der Waals surface area contributed by atoms with Gasteiger partial charge < -0.3 is 15.0 Å². The zero-order chi connectivity index (χ0) is 21.6. The Hall–Kier alpha value is -4.08. The molecular weight excluding hydrogens is 397 g/mol. The van der Waals surface area contributed by atoms with Gasteiger partial charge in [-0.1, -0.05) is 0 Å². The largest absolute Gasteiger partial charge is 0.465 e. The van der Waals surface area contributed by atoms with Crippen molar-refractivity contribution in [3.05, 3.63) is 73.8 Å². The number of nitro benzene ring substituents is 1. The molecule has 152 valence electrons. The number of nitrogens with zero attached hydrogens (tertiary/aromatic N) is 2. The van der Waals surface area contributed by atoms with Gasteiger partial charge in [0.25, 0.3) is 11.2 Å². The van der Waals surface area contributed by atoms with Crippen molar-refractivity contribution in [3.8, 4) is 11.3 Å². The molecule has 2 N–H and O–H groups in total. The number of carboxylic acid groups (broad SMARTS) is 1. The fourth-order valence-corrected chi connectivity index (χ4v) is 3.75. The standard InChI is InChI=1S/C20H14FN3O6/c21-10-2-4-13-14(8-10)18(25)16-12-5-3-11(24(29)30)9-15(12)19(26)23(17(13)16)7-1-6-22-20(27)28/h2-5,8-9,22H,1,6-7H2,(H,27,28). The Morgan fingerprint density at radius 2 is 1.90 bits per heavy atom. The molecular formula is C20H14FN3O6. The number of ketones is 1. The fourth-order valence-electron chi connectivity index (χ4n) is 3.75. The second-order valence-corrected chi connectivity index (χ2v) is 6.77. The number of carbonyl (C=O) groups is 2. The van der Waals surface area contributed by atoms with E-state index in [4.69, 9.17) is 5.11 Å². The summed E-state index contributed by atoms with van der Waals surface area (Å²) in [6, 6.07) is 7.36. The number of pyridine rings is 1. The summed E-state index contributed by atoms with van der Waals surface area (Å²) in [4.78, 5) is 47.4. The first kappa shape index (κ1) is 19.2. The summed E-state index contributed by atoms with van der Waals surface area (Å²) in [6.07, 6.45) is -0.971. The zero-order valence-electron chi connectivity index (χ0n) is 15.3. The first-order valence-corrected chi connectivity index (χ1v) is 8.96. The van der Waals surface area contributed by atoms with E-state index < -0.39 is 28.2 Å². The van der Waals surface area contributed by atoms with Crippen LogP contribution < -0.4 is 10.9 Å². The van der Waals surface area contributed by atoms with Crippen LogP contribution in [0.25, 0.3) is 22.0 Å². The van der Waals surface area contributed by atoms with Crippen molar-refractivity contribution in [1.82, 2.24) is 9.88 Å². The van der Waals surface area contributed by atoms with Gasteiger partial charge in [0.2, 0.25) is 0 Å². The van der Waals surface area contributed by atoms with E-state index in [9.17, 15) is 28.9 Å². The number of fused-ring (bicyclic) bond motifs is 5. The van der Waals surface area contributed by atoms with Gasteiger partial charge in [0.1, 0.15) is 5.82 Å². The van der Waals surface area contributed by atoms with E-state index in [2.05, 4.69) is 5.32 Å². The zero-order valence-corrected chi connectivity index (χ0v) is 15.3. The highest BCUT2D eigenvalue weighted by Crippen LogP contribution is 2.40. The summed E-state index contributed by atoms with van der Waals surface area (Å²) in [5.41, 5.74) is 0.121. The summed E-state index contributed by atoms with van der Waals surface area (Å²) >= 11 is 0. The maximum atomic E-state index is 13.8. The van der Waals surface area contributed by atoms with Gasteiger partial charge >= 0.3 is 6.09 Å². The van der Waals surface area contributed by atoms with Crippen LogP contribution in [0.15, 0.2) is 41.2 Å². The molecule has 0 saturated carbocycles. The van der Waals surface area contributed by atoms with Gasteiger partial charge in [-0.15, -0.1) is 0 Å². The van der Waals surface area contributed by atoms with Crippen LogP contribution >= 0.6 is 0 Å². The molecule has 0 unspecified atom stereocenters. The van der Waals surface area contributed by atoms with E-state index in [1.54, 1.807) is 0 Å². The lowest BCUT2D eigenvalue weighted by Gasteiger charge is -2.15. The summed E-state index contributed by atoms with van der Waals surface area (Å²) in [6.45, 7) is 0.123. The summed E-state index contributed by atoms with van der Waals surface area (Å²) in [7, 11) is 0. The van der Waals surface area contributed by atoms with E-state index in [0.29, 0.717) is 11.3 Å². The van der Waals surface area contributed by atoms with Crippen LogP contribution in [0.5, 0.6) is 0 Å². The highest BCUT2D eigenvalue weighted by molar-refractivity contribution is 6.26. The third-order valence-electron chi connectivity index (χ3n) is 5.01. The predicted octanol–water partition coefficient (Wildman–Crippen LogP) is 2.92. The molecule has 1 heterocycles. The van der Waals surface area contributed by atoms with Crippen LogP contribution in [0.3, 0.4) is 0 Å². The molecule has 30 heavy (non-hydrogen) atoms. The van der Waals surface area contributed by atoms with Crippen LogP contribution in [0.4, 0.5) is 14.9 Å². The molecule has 0 fully saturated rings. The maximum Gasteiger partial charge on any atom is 0.404 e. The molecule has 2 aromatic carbocycles. The first-order valence-electron chi connectivity index (χ1n) is 8.96. The molecule has 1 aromatic heterocycles. The van der Waals surface area contributed by atoms with Gasteiger partial charge in [-0.2, -0.15) is 0 Å². The second-order valence-electron chi connectivity index (χ2n) is 6.77. The van der Waals surface area contributed by atoms with E-state index in [0.717, 1.165) is 12.1 Å². The lowest BCUT2D eigenvalue weighted by atomic mass is 10.0. The third-order valence-corrected chi connectivity index (χ3v) is 5.01. The number of rotatable bonds is 5.